The number of thioether (sulfide) groups is 1. The second-order valence-electron chi connectivity index (χ2n) is 5.07. The van der Waals surface area contributed by atoms with Crippen LogP contribution < -0.4 is 0 Å². The summed E-state index contributed by atoms with van der Waals surface area (Å²) in [6.07, 6.45) is 1.79. The number of hydrogen-bond donors (Lipinski definition) is 0. The van der Waals surface area contributed by atoms with Crippen molar-refractivity contribution in [3.8, 4) is 11.4 Å². The van der Waals surface area contributed by atoms with Crippen molar-refractivity contribution in [1.29, 1.82) is 0 Å². The van der Waals surface area contributed by atoms with Crippen LogP contribution in [0.2, 0.25) is 5.02 Å². The summed E-state index contributed by atoms with van der Waals surface area (Å²) in [6, 6.07) is 7.45. The van der Waals surface area contributed by atoms with Gasteiger partial charge in [-0.15, -0.1) is 16.8 Å². The Labute approximate surface area is 151 Å². The lowest BCUT2D eigenvalue weighted by molar-refractivity contribution is -0.127. The summed E-state index contributed by atoms with van der Waals surface area (Å²) in [5.74, 6) is 1.19. The van der Waals surface area contributed by atoms with Crippen molar-refractivity contribution in [1.82, 2.24) is 19.7 Å². The molecular weight excluding hydrogens is 344 g/mol. The van der Waals surface area contributed by atoms with E-state index in [0.29, 0.717) is 35.6 Å². The normalized spacial score (nSPS) is 10.6. The Hall–Kier alpha value is -1.79. The van der Waals surface area contributed by atoms with Crippen LogP contribution in [0.5, 0.6) is 0 Å². The first kappa shape index (κ1) is 18.5. The van der Waals surface area contributed by atoms with Gasteiger partial charge in [0.25, 0.3) is 0 Å². The van der Waals surface area contributed by atoms with E-state index in [2.05, 4.69) is 16.8 Å². The molecule has 2 aromatic rings. The van der Waals surface area contributed by atoms with Crippen molar-refractivity contribution in [3.05, 3.63) is 41.9 Å². The fourth-order valence-electron chi connectivity index (χ4n) is 2.30. The summed E-state index contributed by atoms with van der Waals surface area (Å²) in [5, 5.41) is 9.90. The third-order valence-electron chi connectivity index (χ3n) is 3.57. The molecule has 5 nitrogen and oxygen atoms in total. The van der Waals surface area contributed by atoms with Crippen LogP contribution in [0.3, 0.4) is 0 Å². The number of halogens is 1. The molecule has 128 valence electrons. The van der Waals surface area contributed by atoms with Crippen LogP contribution in [0, 0.1) is 0 Å². The standard InChI is InChI=1S/C17H21ClN4OS/c1-4-11-22-16(13-7-9-14(18)10-8-13)19-20-17(22)24-12-15(23)21(5-2)6-3/h4,7-10H,1,5-6,11-12H2,2-3H3. The summed E-state index contributed by atoms with van der Waals surface area (Å²) in [5.41, 5.74) is 0.927. The highest BCUT2D eigenvalue weighted by atomic mass is 35.5. The second kappa shape index (κ2) is 8.89. The Bertz CT molecular complexity index is 695. The molecule has 0 bridgehead atoms. The third kappa shape index (κ3) is 4.39. The number of hydrogen-bond acceptors (Lipinski definition) is 4. The Morgan fingerprint density at radius 2 is 1.96 bits per heavy atom. The average Bonchev–Trinajstić information content (AvgIpc) is 2.98. The Morgan fingerprint density at radius 1 is 1.29 bits per heavy atom. The second-order valence-corrected chi connectivity index (χ2v) is 6.45. The van der Waals surface area contributed by atoms with Gasteiger partial charge < -0.3 is 4.90 Å². The van der Waals surface area contributed by atoms with Crippen LogP contribution in [0.4, 0.5) is 0 Å². The van der Waals surface area contributed by atoms with Crippen molar-refractivity contribution in [3.63, 3.8) is 0 Å². The molecule has 1 amide bonds. The number of benzene rings is 1. The first-order chi connectivity index (χ1) is 11.6. The van der Waals surface area contributed by atoms with Crippen molar-refractivity contribution in [2.24, 2.45) is 0 Å². The van der Waals surface area contributed by atoms with E-state index in [4.69, 9.17) is 11.6 Å². The summed E-state index contributed by atoms with van der Waals surface area (Å²) >= 11 is 7.34. The number of amides is 1. The maximum absolute atomic E-state index is 12.2. The number of rotatable bonds is 8. The highest BCUT2D eigenvalue weighted by molar-refractivity contribution is 7.99. The zero-order chi connectivity index (χ0) is 17.5. The molecule has 0 aliphatic heterocycles. The Kier molecular flexibility index (Phi) is 6.87. The molecule has 0 fully saturated rings. The Morgan fingerprint density at radius 3 is 2.54 bits per heavy atom. The average molecular weight is 365 g/mol. The molecule has 0 radical (unpaired) electrons. The van der Waals surface area contributed by atoms with Crippen molar-refractivity contribution >= 4 is 29.3 Å². The van der Waals surface area contributed by atoms with Gasteiger partial charge in [-0.25, -0.2) is 0 Å². The Balaban J connectivity index is 2.20. The third-order valence-corrected chi connectivity index (χ3v) is 4.78. The van der Waals surface area contributed by atoms with E-state index in [1.54, 1.807) is 11.0 Å². The maximum Gasteiger partial charge on any atom is 0.233 e. The van der Waals surface area contributed by atoms with E-state index >= 15 is 0 Å². The maximum atomic E-state index is 12.2. The molecule has 0 saturated heterocycles. The van der Waals surface area contributed by atoms with E-state index in [9.17, 15) is 4.79 Å². The topological polar surface area (TPSA) is 51.0 Å². The van der Waals surface area contributed by atoms with Gasteiger partial charge in [0.15, 0.2) is 11.0 Å². The molecule has 0 spiro atoms. The molecule has 24 heavy (non-hydrogen) atoms. The van der Waals surface area contributed by atoms with E-state index in [-0.39, 0.29) is 5.91 Å². The van der Waals surface area contributed by atoms with E-state index in [0.717, 1.165) is 11.4 Å². The number of nitrogens with zero attached hydrogens (tertiary/aromatic N) is 4. The van der Waals surface area contributed by atoms with Gasteiger partial charge in [-0.1, -0.05) is 29.4 Å². The lowest BCUT2D eigenvalue weighted by atomic mass is 10.2. The summed E-state index contributed by atoms with van der Waals surface area (Å²) in [4.78, 5) is 14.0. The van der Waals surface area contributed by atoms with E-state index in [1.807, 2.05) is 42.7 Å². The summed E-state index contributed by atoms with van der Waals surface area (Å²) in [7, 11) is 0. The van der Waals surface area contributed by atoms with Gasteiger partial charge in [-0.3, -0.25) is 9.36 Å². The quantitative estimate of drug-likeness (QED) is 0.528. The molecule has 7 heteroatoms. The monoisotopic (exact) mass is 364 g/mol. The molecule has 2 rings (SSSR count). The van der Waals surface area contributed by atoms with Crippen LogP contribution in [-0.4, -0.2) is 44.4 Å². The predicted octanol–water partition coefficient (Wildman–Crippen LogP) is 3.75. The van der Waals surface area contributed by atoms with Gasteiger partial charge in [0.05, 0.1) is 5.75 Å². The number of aromatic nitrogens is 3. The minimum atomic E-state index is 0.103. The van der Waals surface area contributed by atoms with Gasteiger partial charge in [-0.2, -0.15) is 0 Å². The minimum absolute atomic E-state index is 0.103. The fraction of sp³-hybridized carbons (Fsp3) is 0.353. The van der Waals surface area contributed by atoms with Gasteiger partial charge in [-0.05, 0) is 38.1 Å². The zero-order valence-corrected chi connectivity index (χ0v) is 15.5. The van der Waals surface area contributed by atoms with Crippen molar-refractivity contribution < 1.29 is 4.79 Å². The lowest BCUT2D eigenvalue weighted by Crippen LogP contribution is -2.31. The number of carbonyl (C=O) groups excluding carboxylic acids is 1. The van der Waals surface area contributed by atoms with Crippen LogP contribution in [0.15, 0.2) is 42.1 Å². The van der Waals surface area contributed by atoms with Gasteiger partial charge in [0.1, 0.15) is 0 Å². The SMILES string of the molecule is C=CCn1c(SCC(=O)N(CC)CC)nnc1-c1ccc(Cl)cc1. The minimum Gasteiger partial charge on any atom is -0.343 e. The zero-order valence-electron chi connectivity index (χ0n) is 13.9. The molecule has 0 aliphatic rings. The van der Waals surface area contributed by atoms with Crippen LogP contribution in [0.25, 0.3) is 11.4 Å². The highest BCUT2D eigenvalue weighted by Crippen LogP contribution is 2.25. The molecule has 1 aromatic carbocycles. The summed E-state index contributed by atoms with van der Waals surface area (Å²) in [6.45, 7) is 9.75. The van der Waals surface area contributed by atoms with E-state index < -0.39 is 0 Å². The molecule has 0 unspecified atom stereocenters. The predicted molar refractivity (Wildman–Crippen MR) is 99.3 cm³/mol. The molecule has 1 heterocycles. The molecular formula is C17H21ClN4OS. The molecule has 0 atom stereocenters. The van der Waals surface area contributed by atoms with Crippen molar-refractivity contribution in [2.75, 3.05) is 18.8 Å². The van der Waals surface area contributed by atoms with Crippen LogP contribution in [0.1, 0.15) is 13.8 Å². The van der Waals surface area contributed by atoms with Crippen LogP contribution >= 0.6 is 23.4 Å². The lowest BCUT2D eigenvalue weighted by Gasteiger charge is -2.18. The fourth-order valence-corrected chi connectivity index (χ4v) is 3.27. The highest BCUT2D eigenvalue weighted by Gasteiger charge is 2.16. The van der Waals surface area contributed by atoms with Crippen LogP contribution in [-0.2, 0) is 11.3 Å². The first-order valence-electron chi connectivity index (χ1n) is 7.81. The van der Waals surface area contributed by atoms with E-state index in [1.165, 1.54) is 11.8 Å². The van der Waals surface area contributed by atoms with Gasteiger partial charge in [0.2, 0.25) is 5.91 Å². The number of allylic oxidation sites excluding steroid dienone is 1. The molecule has 0 N–H and O–H groups in total. The first-order valence-corrected chi connectivity index (χ1v) is 9.17. The largest absolute Gasteiger partial charge is 0.343 e. The van der Waals surface area contributed by atoms with Gasteiger partial charge >= 0.3 is 0 Å². The number of carbonyl (C=O) groups is 1. The van der Waals surface area contributed by atoms with Crippen molar-refractivity contribution in [2.45, 2.75) is 25.5 Å². The summed E-state index contributed by atoms with van der Waals surface area (Å²) < 4.78 is 1.95. The smallest absolute Gasteiger partial charge is 0.233 e. The molecule has 0 saturated carbocycles. The molecule has 1 aromatic heterocycles. The van der Waals surface area contributed by atoms with Gasteiger partial charge in [0, 0.05) is 30.2 Å². The molecule has 0 aliphatic carbocycles.